The van der Waals surface area contributed by atoms with Gasteiger partial charge in [-0.1, -0.05) is 49.4 Å². The first-order valence-corrected chi connectivity index (χ1v) is 12.9. The quantitative estimate of drug-likeness (QED) is 0.385. The Hall–Kier alpha value is -2.86. The molecule has 1 saturated heterocycles. The maximum absolute atomic E-state index is 12.3. The number of nitrogens with one attached hydrogen (secondary N) is 1. The smallest absolute Gasteiger partial charge is 0.234 e. The first-order chi connectivity index (χ1) is 16.2. The highest BCUT2D eigenvalue weighted by Gasteiger charge is 2.11. The Kier molecular flexibility index (Phi) is 8.36. The molecule has 1 aliphatic heterocycles. The van der Waals surface area contributed by atoms with Gasteiger partial charge in [-0.3, -0.25) is 4.79 Å². The van der Waals surface area contributed by atoms with E-state index in [1.165, 1.54) is 55.1 Å². The van der Waals surface area contributed by atoms with E-state index in [0.29, 0.717) is 5.75 Å². The summed E-state index contributed by atoms with van der Waals surface area (Å²) in [7, 11) is 0. The fourth-order valence-electron chi connectivity index (χ4n) is 4.02. The number of hydrogen-bond donors (Lipinski definition) is 1. The number of anilines is 2. The van der Waals surface area contributed by atoms with Crippen LogP contribution in [0.4, 0.5) is 11.4 Å². The number of nitrogens with zero attached hydrogens (tertiary/aromatic N) is 3. The summed E-state index contributed by atoms with van der Waals surface area (Å²) in [6, 6.07) is 20.6. The fourth-order valence-corrected chi connectivity index (χ4v) is 4.63. The van der Waals surface area contributed by atoms with Gasteiger partial charge in [0.1, 0.15) is 5.03 Å². The van der Waals surface area contributed by atoms with Crippen LogP contribution in [0.1, 0.15) is 44.6 Å². The normalized spacial score (nSPS) is 13.7. The second kappa shape index (κ2) is 11.8. The van der Waals surface area contributed by atoms with Crippen molar-refractivity contribution in [1.82, 2.24) is 10.2 Å². The Bertz CT molecular complexity index is 1010. The van der Waals surface area contributed by atoms with Crippen molar-refractivity contribution in [2.24, 2.45) is 0 Å². The number of carbonyl (C=O) groups excluding carboxylic acids is 1. The molecule has 0 radical (unpaired) electrons. The van der Waals surface area contributed by atoms with Gasteiger partial charge in [0.15, 0.2) is 0 Å². The Balaban J connectivity index is 1.26. The van der Waals surface area contributed by atoms with Crippen molar-refractivity contribution < 1.29 is 4.79 Å². The molecule has 0 saturated carbocycles. The summed E-state index contributed by atoms with van der Waals surface area (Å²) < 4.78 is 0. The van der Waals surface area contributed by atoms with Crippen LogP contribution in [-0.4, -0.2) is 34.9 Å². The van der Waals surface area contributed by atoms with E-state index in [9.17, 15) is 4.79 Å². The number of benzene rings is 2. The van der Waals surface area contributed by atoms with E-state index in [1.54, 1.807) is 0 Å². The Morgan fingerprint density at radius 1 is 0.939 bits per heavy atom. The third-order valence-electron chi connectivity index (χ3n) is 5.93. The van der Waals surface area contributed by atoms with Gasteiger partial charge in [0.2, 0.25) is 5.91 Å². The number of unbranched alkanes of at least 4 members (excludes halogenated alkanes) is 1. The van der Waals surface area contributed by atoms with Gasteiger partial charge in [0.25, 0.3) is 0 Å². The second-order valence-electron chi connectivity index (χ2n) is 8.49. The average molecular weight is 461 g/mol. The van der Waals surface area contributed by atoms with Crippen molar-refractivity contribution >= 4 is 29.0 Å². The lowest BCUT2D eigenvalue weighted by atomic mass is 10.1. The van der Waals surface area contributed by atoms with Gasteiger partial charge in [-0.15, -0.1) is 10.2 Å². The Morgan fingerprint density at radius 3 is 2.36 bits per heavy atom. The van der Waals surface area contributed by atoms with Crippen molar-refractivity contribution in [2.75, 3.05) is 29.1 Å². The lowest BCUT2D eigenvalue weighted by Gasteiger charge is -2.28. The molecule has 1 amide bonds. The number of carbonyl (C=O) groups is 1. The molecule has 5 nitrogen and oxygen atoms in total. The van der Waals surface area contributed by atoms with Gasteiger partial charge in [0, 0.05) is 30.0 Å². The minimum atomic E-state index is -0.0412. The molecule has 0 aliphatic carbocycles. The molecule has 6 heteroatoms. The van der Waals surface area contributed by atoms with Crippen LogP contribution in [0.2, 0.25) is 0 Å². The van der Waals surface area contributed by atoms with Crippen LogP contribution in [0.15, 0.2) is 65.7 Å². The third-order valence-corrected chi connectivity index (χ3v) is 6.85. The fraction of sp³-hybridized carbons (Fsp3) is 0.370. The zero-order chi connectivity index (χ0) is 22.9. The molecule has 0 atom stereocenters. The molecular weight excluding hydrogens is 428 g/mol. The highest BCUT2D eigenvalue weighted by Crippen LogP contribution is 2.25. The van der Waals surface area contributed by atoms with Gasteiger partial charge >= 0.3 is 0 Å². The summed E-state index contributed by atoms with van der Waals surface area (Å²) in [4.78, 5) is 14.8. The number of thioether (sulfide) groups is 1. The van der Waals surface area contributed by atoms with E-state index in [4.69, 9.17) is 0 Å². The van der Waals surface area contributed by atoms with Crippen LogP contribution >= 0.6 is 11.8 Å². The molecule has 3 aromatic rings. The maximum Gasteiger partial charge on any atom is 0.234 e. The zero-order valence-electron chi connectivity index (χ0n) is 19.3. The number of aryl methyl sites for hydroxylation is 1. The monoisotopic (exact) mass is 460 g/mol. The molecule has 1 N–H and O–H groups in total. The summed E-state index contributed by atoms with van der Waals surface area (Å²) in [5, 5.41) is 12.4. The average Bonchev–Trinajstić information content (AvgIpc) is 2.88. The molecule has 0 bridgehead atoms. The molecule has 1 aliphatic rings. The van der Waals surface area contributed by atoms with Crippen LogP contribution in [0.25, 0.3) is 11.3 Å². The van der Waals surface area contributed by atoms with E-state index >= 15 is 0 Å². The number of piperidine rings is 1. The van der Waals surface area contributed by atoms with E-state index in [2.05, 4.69) is 63.7 Å². The van der Waals surface area contributed by atoms with Gasteiger partial charge in [0.05, 0.1) is 11.4 Å². The third kappa shape index (κ3) is 6.81. The molecule has 172 valence electrons. The zero-order valence-corrected chi connectivity index (χ0v) is 20.1. The van der Waals surface area contributed by atoms with Crippen molar-refractivity contribution in [1.29, 1.82) is 0 Å². The van der Waals surface area contributed by atoms with E-state index < -0.39 is 0 Å². The van der Waals surface area contributed by atoms with Gasteiger partial charge in [-0.2, -0.15) is 0 Å². The molecule has 2 heterocycles. The van der Waals surface area contributed by atoms with Crippen molar-refractivity contribution in [2.45, 2.75) is 50.5 Å². The lowest BCUT2D eigenvalue weighted by molar-refractivity contribution is -0.113. The Morgan fingerprint density at radius 2 is 1.70 bits per heavy atom. The summed E-state index contributed by atoms with van der Waals surface area (Å²) in [6.07, 6.45) is 7.34. The van der Waals surface area contributed by atoms with Crippen LogP contribution in [0.5, 0.6) is 0 Å². The van der Waals surface area contributed by atoms with Crippen molar-refractivity contribution in [3.63, 3.8) is 0 Å². The van der Waals surface area contributed by atoms with Gasteiger partial charge in [-0.05, 0) is 74.1 Å². The summed E-state index contributed by atoms with van der Waals surface area (Å²) in [5.74, 6) is 0.261. The highest BCUT2D eigenvalue weighted by molar-refractivity contribution is 7.99. The van der Waals surface area contributed by atoms with E-state index in [1.807, 2.05) is 24.3 Å². The first kappa shape index (κ1) is 23.3. The predicted octanol–water partition coefficient (Wildman–Crippen LogP) is 6.21. The van der Waals surface area contributed by atoms with Gasteiger partial charge < -0.3 is 10.2 Å². The molecular formula is C27H32N4OS. The van der Waals surface area contributed by atoms with Crippen LogP contribution in [-0.2, 0) is 11.2 Å². The molecule has 0 spiro atoms. The maximum atomic E-state index is 12.3. The molecule has 0 unspecified atom stereocenters. The Labute approximate surface area is 201 Å². The molecule has 1 aromatic heterocycles. The van der Waals surface area contributed by atoms with Crippen molar-refractivity contribution in [3.8, 4) is 11.3 Å². The summed E-state index contributed by atoms with van der Waals surface area (Å²) in [5.41, 5.74) is 5.31. The largest absolute Gasteiger partial charge is 0.372 e. The number of aromatic nitrogens is 2. The molecule has 2 aromatic carbocycles. The number of hydrogen-bond acceptors (Lipinski definition) is 5. The predicted molar refractivity (Wildman–Crippen MR) is 138 cm³/mol. The van der Waals surface area contributed by atoms with Crippen LogP contribution in [0.3, 0.4) is 0 Å². The summed E-state index contributed by atoms with van der Waals surface area (Å²) in [6.45, 7) is 4.48. The standard InChI is InChI=1S/C27H32N4OS/c1-2-3-7-21-8-12-23(13-9-21)28-26(32)20-33-27-17-16-25(29-30-27)22-10-14-24(15-11-22)31-18-5-4-6-19-31/h8-17H,2-7,18-20H2,1H3,(H,28,32). The second-order valence-corrected chi connectivity index (χ2v) is 9.48. The summed E-state index contributed by atoms with van der Waals surface area (Å²) >= 11 is 1.39. The topological polar surface area (TPSA) is 58.1 Å². The minimum absolute atomic E-state index is 0.0412. The van der Waals surface area contributed by atoms with Gasteiger partial charge in [-0.25, -0.2) is 0 Å². The van der Waals surface area contributed by atoms with Crippen LogP contribution in [0, 0.1) is 0 Å². The van der Waals surface area contributed by atoms with E-state index in [0.717, 1.165) is 41.5 Å². The SMILES string of the molecule is CCCCc1ccc(NC(=O)CSc2ccc(-c3ccc(N4CCCCC4)cc3)nn2)cc1. The first-order valence-electron chi connectivity index (χ1n) is 11.9. The molecule has 4 rings (SSSR count). The molecule has 1 fully saturated rings. The highest BCUT2D eigenvalue weighted by atomic mass is 32.2. The van der Waals surface area contributed by atoms with E-state index in [-0.39, 0.29) is 5.91 Å². The molecule has 33 heavy (non-hydrogen) atoms. The lowest BCUT2D eigenvalue weighted by Crippen LogP contribution is -2.29. The van der Waals surface area contributed by atoms with Crippen LogP contribution < -0.4 is 10.2 Å². The van der Waals surface area contributed by atoms with Crippen molar-refractivity contribution in [3.05, 3.63) is 66.2 Å². The minimum Gasteiger partial charge on any atom is -0.372 e. The number of rotatable bonds is 9. The number of amides is 1.